The molecular formula is C15H14N6S. The molecule has 110 valence electrons. The minimum absolute atomic E-state index is 0.0424. The molecule has 0 fully saturated rings. The number of pyridine rings is 1. The summed E-state index contributed by atoms with van der Waals surface area (Å²) in [7, 11) is 1.89. The maximum absolute atomic E-state index is 5.97. The highest BCUT2D eigenvalue weighted by molar-refractivity contribution is 8.14. The molecule has 1 aliphatic heterocycles. The van der Waals surface area contributed by atoms with Crippen LogP contribution in [0, 0.1) is 0 Å². The van der Waals surface area contributed by atoms with Gasteiger partial charge in [-0.2, -0.15) is 0 Å². The van der Waals surface area contributed by atoms with E-state index in [0.717, 1.165) is 22.3 Å². The molecule has 0 aliphatic carbocycles. The van der Waals surface area contributed by atoms with Crippen LogP contribution in [0.25, 0.3) is 11.0 Å². The minimum atomic E-state index is -0.0424. The fourth-order valence-electron chi connectivity index (χ4n) is 2.68. The Balaban J connectivity index is 1.79. The number of nitrogens with two attached hydrogens (primary N) is 1. The van der Waals surface area contributed by atoms with E-state index in [1.165, 1.54) is 0 Å². The lowest BCUT2D eigenvalue weighted by atomic mass is 10.0. The van der Waals surface area contributed by atoms with Gasteiger partial charge in [0.2, 0.25) is 0 Å². The first-order valence-corrected chi connectivity index (χ1v) is 7.80. The second-order valence-electron chi connectivity index (χ2n) is 5.17. The highest BCUT2D eigenvalue weighted by atomic mass is 32.2. The van der Waals surface area contributed by atoms with Crippen molar-refractivity contribution in [3.63, 3.8) is 0 Å². The second-order valence-corrected chi connectivity index (χ2v) is 6.33. The summed E-state index contributed by atoms with van der Waals surface area (Å²) in [5.74, 6) is 0. The van der Waals surface area contributed by atoms with Crippen LogP contribution in [0.1, 0.15) is 22.5 Å². The van der Waals surface area contributed by atoms with Crippen LogP contribution in [0.4, 0.5) is 0 Å². The highest BCUT2D eigenvalue weighted by Gasteiger charge is 2.33. The van der Waals surface area contributed by atoms with Crippen LogP contribution in [0.15, 0.2) is 47.6 Å². The molecule has 2 N–H and O–H groups in total. The Kier molecular flexibility index (Phi) is 3.07. The number of amidine groups is 1. The van der Waals surface area contributed by atoms with Gasteiger partial charge >= 0.3 is 0 Å². The van der Waals surface area contributed by atoms with Gasteiger partial charge in [0.25, 0.3) is 0 Å². The van der Waals surface area contributed by atoms with Crippen molar-refractivity contribution < 1.29 is 0 Å². The van der Waals surface area contributed by atoms with E-state index in [2.05, 4.69) is 26.4 Å². The zero-order valence-corrected chi connectivity index (χ0v) is 12.7. The maximum atomic E-state index is 5.97. The average Bonchev–Trinajstić information content (AvgIpc) is 3.11. The Hall–Kier alpha value is -2.41. The number of hydrogen-bond acceptors (Lipinski definition) is 6. The third-order valence-corrected chi connectivity index (χ3v) is 4.86. The van der Waals surface area contributed by atoms with E-state index >= 15 is 0 Å². The largest absolute Gasteiger partial charge is 0.379 e. The lowest BCUT2D eigenvalue weighted by Gasteiger charge is -2.16. The Bertz CT molecular complexity index is 857. The molecule has 2 unspecified atom stereocenters. The first kappa shape index (κ1) is 13.3. The molecule has 6 nitrogen and oxygen atoms in total. The monoisotopic (exact) mass is 310 g/mol. The van der Waals surface area contributed by atoms with Crippen molar-refractivity contribution >= 4 is 28.0 Å². The van der Waals surface area contributed by atoms with Gasteiger partial charge in [0, 0.05) is 13.2 Å². The number of hydrogen-bond donors (Lipinski definition) is 1. The van der Waals surface area contributed by atoms with Crippen LogP contribution < -0.4 is 5.73 Å². The van der Waals surface area contributed by atoms with Crippen molar-refractivity contribution in [2.24, 2.45) is 17.8 Å². The quantitative estimate of drug-likeness (QED) is 0.784. The van der Waals surface area contributed by atoms with Crippen molar-refractivity contribution in [2.75, 3.05) is 0 Å². The van der Waals surface area contributed by atoms with E-state index in [0.29, 0.717) is 5.17 Å². The SMILES string of the molecule is Cn1nnc2ccc(C3N=C(N)SC3c3ccccn3)cc21. The Labute approximate surface area is 131 Å². The number of rotatable bonds is 2. The molecule has 0 saturated carbocycles. The highest BCUT2D eigenvalue weighted by Crippen LogP contribution is 2.46. The minimum Gasteiger partial charge on any atom is -0.379 e. The van der Waals surface area contributed by atoms with Crippen LogP contribution in [-0.4, -0.2) is 25.1 Å². The molecule has 3 heterocycles. The number of aliphatic imine (C=N–C) groups is 1. The number of aryl methyl sites for hydroxylation is 1. The summed E-state index contributed by atoms with van der Waals surface area (Å²) in [6.07, 6.45) is 1.80. The molecule has 7 heteroatoms. The van der Waals surface area contributed by atoms with Gasteiger partial charge in [-0.25, -0.2) is 4.68 Å². The van der Waals surface area contributed by atoms with Crippen molar-refractivity contribution in [1.29, 1.82) is 0 Å². The number of fused-ring (bicyclic) bond motifs is 1. The van der Waals surface area contributed by atoms with Gasteiger partial charge in [0.05, 0.1) is 22.5 Å². The number of benzene rings is 1. The molecular weight excluding hydrogens is 296 g/mol. The van der Waals surface area contributed by atoms with E-state index in [-0.39, 0.29) is 11.3 Å². The zero-order chi connectivity index (χ0) is 15.1. The van der Waals surface area contributed by atoms with Crippen molar-refractivity contribution in [3.05, 3.63) is 53.9 Å². The summed E-state index contributed by atoms with van der Waals surface area (Å²) in [6, 6.07) is 12.0. The number of nitrogens with zero attached hydrogens (tertiary/aromatic N) is 5. The molecule has 0 amide bonds. The zero-order valence-electron chi connectivity index (χ0n) is 11.9. The van der Waals surface area contributed by atoms with E-state index in [9.17, 15) is 0 Å². The third kappa shape index (κ3) is 2.14. The van der Waals surface area contributed by atoms with Crippen molar-refractivity contribution in [1.82, 2.24) is 20.0 Å². The molecule has 2 aromatic heterocycles. The summed E-state index contributed by atoms with van der Waals surface area (Å²) in [6.45, 7) is 0. The van der Waals surface area contributed by atoms with E-state index in [4.69, 9.17) is 5.73 Å². The van der Waals surface area contributed by atoms with E-state index in [1.54, 1.807) is 22.6 Å². The normalized spacial score (nSPS) is 21.2. The van der Waals surface area contributed by atoms with Gasteiger partial charge in [-0.05, 0) is 29.8 Å². The standard InChI is InChI=1S/C15H14N6S/c1-21-12-8-9(5-6-10(12)19-20-21)13-14(22-15(16)18-13)11-4-2-3-7-17-11/h2-8,13-14H,1H3,(H2,16,18). The van der Waals surface area contributed by atoms with E-state index in [1.807, 2.05) is 37.4 Å². The summed E-state index contributed by atoms with van der Waals surface area (Å²) >= 11 is 1.56. The van der Waals surface area contributed by atoms with Crippen LogP contribution in [-0.2, 0) is 7.05 Å². The molecule has 22 heavy (non-hydrogen) atoms. The molecule has 3 aromatic rings. The molecule has 1 aromatic carbocycles. The molecule has 0 bridgehead atoms. The van der Waals surface area contributed by atoms with Gasteiger partial charge in [0.1, 0.15) is 5.52 Å². The molecule has 0 spiro atoms. The fourth-order valence-corrected chi connectivity index (χ4v) is 3.72. The average molecular weight is 310 g/mol. The third-order valence-electron chi connectivity index (χ3n) is 3.76. The smallest absolute Gasteiger partial charge is 0.155 e. The van der Waals surface area contributed by atoms with Gasteiger partial charge in [-0.1, -0.05) is 29.1 Å². The summed E-state index contributed by atoms with van der Waals surface area (Å²) in [5, 5.41) is 8.86. The Morgan fingerprint density at radius 2 is 2.14 bits per heavy atom. The van der Waals surface area contributed by atoms with Crippen LogP contribution >= 0.6 is 11.8 Å². The molecule has 4 rings (SSSR count). The van der Waals surface area contributed by atoms with E-state index < -0.39 is 0 Å². The first-order valence-electron chi connectivity index (χ1n) is 6.92. The van der Waals surface area contributed by atoms with Gasteiger partial charge in [-0.3, -0.25) is 9.98 Å². The lowest BCUT2D eigenvalue weighted by Crippen LogP contribution is -2.05. The summed E-state index contributed by atoms with van der Waals surface area (Å²) < 4.78 is 1.77. The topological polar surface area (TPSA) is 82.0 Å². The maximum Gasteiger partial charge on any atom is 0.155 e. The Morgan fingerprint density at radius 1 is 1.23 bits per heavy atom. The second kappa shape index (κ2) is 5.10. The number of aromatic nitrogens is 4. The fraction of sp³-hybridized carbons (Fsp3) is 0.200. The molecule has 0 radical (unpaired) electrons. The van der Waals surface area contributed by atoms with Gasteiger partial charge < -0.3 is 5.73 Å². The molecule has 2 atom stereocenters. The van der Waals surface area contributed by atoms with Crippen molar-refractivity contribution in [2.45, 2.75) is 11.3 Å². The van der Waals surface area contributed by atoms with Crippen LogP contribution in [0.3, 0.4) is 0 Å². The first-order chi connectivity index (χ1) is 10.7. The lowest BCUT2D eigenvalue weighted by molar-refractivity contribution is 0.706. The summed E-state index contributed by atoms with van der Waals surface area (Å²) in [5.41, 5.74) is 9.92. The van der Waals surface area contributed by atoms with Gasteiger partial charge in [0.15, 0.2) is 5.17 Å². The number of thioether (sulfide) groups is 1. The van der Waals surface area contributed by atoms with Crippen LogP contribution in [0.5, 0.6) is 0 Å². The predicted octanol–water partition coefficient (Wildman–Crippen LogP) is 2.21. The molecule has 1 aliphatic rings. The Morgan fingerprint density at radius 3 is 2.95 bits per heavy atom. The summed E-state index contributed by atoms with van der Waals surface area (Å²) in [4.78, 5) is 9.07. The predicted molar refractivity (Wildman–Crippen MR) is 87.4 cm³/mol. The van der Waals surface area contributed by atoms with Crippen LogP contribution in [0.2, 0.25) is 0 Å². The molecule has 0 saturated heterocycles. The van der Waals surface area contributed by atoms with Crippen molar-refractivity contribution in [3.8, 4) is 0 Å². The van der Waals surface area contributed by atoms with Gasteiger partial charge in [-0.15, -0.1) is 5.10 Å².